The molecule has 2 rings (SSSR count). The molecule has 0 amide bonds. The minimum absolute atomic E-state index is 0.218. The van der Waals surface area contributed by atoms with Crippen molar-refractivity contribution in [3.63, 3.8) is 0 Å². The van der Waals surface area contributed by atoms with Gasteiger partial charge in [-0.3, -0.25) is 14.5 Å². The average molecular weight is 341 g/mol. The van der Waals surface area contributed by atoms with E-state index in [-0.39, 0.29) is 5.56 Å². The minimum Gasteiger partial charge on any atom is -0.354 e. The summed E-state index contributed by atoms with van der Waals surface area (Å²) in [5, 5.41) is 15.1. The first-order chi connectivity index (χ1) is 9.49. The van der Waals surface area contributed by atoms with Crippen LogP contribution in [0.3, 0.4) is 0 Å². The summed E-state index contributed by atoms with van der Waals surface area (Å²) in [5.74, 6) is 0.398. The summed E-state index contributed by atoms with van der Waals surface area (Å²) in [5.41, 5.74) is 2.25. The molecule has 0 spiro atoms. The number of anilines is 1. The molecule has 2 aromatic heterocycles. The highest BCUT2D eigenvalue weighted by Gasteiger charge is 2.07. The molecule has 108 valence electrons. The Morgan fingerprint density at radius 1 is 1.25 bits per heavy atom. The fourth-order valence-electron chi connectivity index (χ4n) is 1.80. The second kappa shape index (κ2) is 6.17. The summed E-state index contributed by atoms with van der Waals surface area (Å²) in [4.78, 5) is 14.0. The standard InChI is InChI=1S/C12H17BrN6O/c1-7-10(13)9(3)19(18-7)6-4-5-14-12-15-11(20)8(2)16-17-12/h4-6H2,1-3H3,(H2,14,15,17,20). The lowest BCUT2D eigenvalue weighted by atomic mass is 10.4. The van der Waals surface area contributed by atoms with Gasteiger partial charge in [-0.15, -0.1) is 10.2 Å². The van der Waals surface area contributed by atoms with Crippen molar-refractivity contribution in [1.82, 2.24) is 25.0 Å². The number of aromatic amines is 1. The smallest absolute Gasteiger partial charge is 0.273 e. The Labute approximate surface area is 124 Å². The van der Waals surface area contributed by atoms with Crippen molar-refractivity contribution < 1.29 is 0 Å². The van der Waals surface area contributed by atoms with Crippen LogP contribution >= 0.6 is 15.9 Å². The van der Waals surface area contributed by atoms with E-state index in [1.54, 1.807) is 6.92 Å². The molecule has 0 saturated heterocycles. The molecule has 7 nitrogen and oxygen atoms in total. The Morgan fingerprint density at radius 2 is 2.00 bits per heavy atom. The van der Waals surface area contributed by atoms with Crippen molar-refractivity contribution >= 4 is 21.9 Å². The number of aromatic nitrogens is 5. The first-order valence-corrected chi connectivity index (χ1v) is 7.15. The Bertz CT molecular complexity index is 662. The van der Waals surface area contributed by atoms with Gasteiger partial charge in [0, 0.05) is 18.8 Å². The van der Waals surface area contributed by atoms with Crippen LogP contribution in [0, 0.1) is 20.8 Å². The fourth-order valence-corrected chi connectivity index (χ4v) is 2.09. The van der Waals surface area contributed by atoms with Gasteiger partial charge in [-0.1, -0.05) is 0 Å². The summed E-state index contributed by atoms with van der Waals surface area (Å²) >= 11 is 3.50. The topological polar surface area (TPSA) is 88.5 Å². The maximum absolute atomic E-state index is 11.4. The van der Waals surface area contributed by atoms with Crippen molar-refractivity contribution in [2.24, 2.45) is 0 Å². The molecule has 2 heterocycles. The van der Waals surface area contributed by atoms with E-state index < -0.39 is 0 Å². The second-order valence-corrected chi connectivity index (χ2v) is 5.37. The van der Waals surface area contributed by atoms with E-state index in [4.69, 9.17) is 0 Å². The molecule has 0 aromatic carbocycles. The van der Waals surface area contributed by atoms with Gasteiger partial charge in [-0.2, -0.15) is 5.10 Å². The van der Waals surface area contributed by atoms with Crippen LogP contribution in [-0.2, 0) is 6.54 Å². The molecule has 0 radical (unpaired) electrons. The lowest BCUT2D eigenvalue weighted by Gasteiger charge is -2.06. The van der Waals surface area contributed by atoms with E-state index in [1.165, 1.54) is 0 Å². The Morgan fingerprint density at radius 3 is 2.60 bits per heavy atom. The quantitative estimate of drug-likeness (QED) is 0.806. The van der Waals surface area contributed by atoms with Gasteiger partial charge in [0.25, 0.3) is 5.56 Å². The monoisotopic (exact) mass is 340 g/mol. The molecule has 0 saturated carbocycles. The van der Waals surface area contributed by atoms with Crippen molar-refractivity contribution in [1.29, 1.82) is 0 Å². The van der Waals surface area contributed by atoms with Gasteiger partial charge in [-0.25, -0.2) is 0 Å². The van der Waals surface area contributed by atoms with Crippen molar-refractivity contribution in [3.05, 3.63) is 31.9 Å². The molecule has 8 heteroatoms. The zero-order chi connectivity index (χ0) is 14.7. The maximum atomic E-state index is 11.4. The van der Waals surface area contributed by atoms with Gasteiger partial charge in [0.1, 0.15) is 5.69 Å². The van der Waals surface area contributed by atoms with Gasteiger partial charge in [0.2, 0.25) is 5.95 Å². The first kappa shape index (κ1) is 14.7. The zero-order valence-electron chi connectivity index (χ0n) is 11.7. The van der Waals surface area contributed by atoms with Crippen molar-refractivity contribution in [3.8, 4) is 0 Å². The predicted molar refractivity (Wildman–Crippen MR) is 79.9 cm³/mol. The highest BCUT2D eigenvalue weighted by atomic mass is 79.9. The number of aryl methyl sites for hydroxylation is 3. The van der Waals surface area contributed by atoms with E-state index in [0.717, 1.165) is 28.8 Å². The molecule has 20 heavy (non-hydrogen) atoms. The van der Waals surface area contributed by atoms with Gasteiger partial charge in [-0.05, 0) is 43.1 Å². The zero-order valence-corrected chi connectivity index (χ0v) is 13.3. The minimum atomic E-state index is -0.218. The molecule has 0 bridgehead atoms. The first-order valence-electron chi connectivity index (χ1n) is 6.36. The summed E-state index contributed by atoms with van der Waals surface area (Å²) in [7, 11) is 0. The van der Waals surface area contributed by atoms with Gasteiger partial charge >= 0.3 is 0 Å². The van der Waals surface area contributed by atoms with Crippen LogP contribution < -0.4 is 10.9 Å². The summed E-state index contributed by atoms with van der Waals surface area (Å²) in [6.45, 7) is 7.10. The third kappa shape index (κ3) is 3.24. The number of halogens is 1. The Balaban J connectivity index is 1.86. The van der Waals surface area contributed by atoms with E-state index in [1.807, 2.05) is 18.5 Å². The van der Waals surface area contributed by atoms with Crippen molar-refractivity contribution in [2.45, 2.75) is 33.7 Å². The molecule has 0 aliphatic carbocycles. The summed E-state index contributed by atoms with van der Waals surface area (Å²) in [6.07, 6.45) is 0.867. The van der Waals surface area contributed by atoms with E-state index in [0.29, 0.717) is 18.2 Å². The Hall–Kier alpha value is -1.70. The van der Waals surface area contributed by atoms with Crippen LogP contribution in [0.5, 0.6) is 0 Å². The lowest BCUT2D eigenvalue weighted by Crippen LogP contribution is -2.18. The molecule has 0 aliphatic rings. The molecule has 2 aromatic rings. The largest absolute Gasteiger partial charge is 0.354 e. The third-order valence-corrected chi connectivity index (χ3v) is 4.14. The number of nitrogens with zero attached hydrogens (tertiary/aromatic N) is 4. The highest BCUT2D eigenvalue weighted by Crippen LogP contribution is 2.19. The van der Waals surface area contributed by atoms with Gasteiger partial charge in [0.15, 0.2) is 0 Å². The van der Waals surface area contributed by atoms with Gasteiger partial charge < -0.3 is 5.32 Å². The predicted octanol–water partition coefficient (Wildman–Crippen LogP) is 1.55. The van der Waals surface area contributed by atoms with Crippen LogP contribution in [0.2, 0.25) is 0 Å². The molecule has 0 unspecified atom stereocenters. The van der Waals surface area contributed by atoms with E-state index in [2.05, 4.69) is 41.5 Å². The van der Waals surface area contributed by atoms with Crippen LogP contribution in [0.1, 0.15) is 23.5 Å². The molecule has 0 aliphatic heterocycles. The molecule has 0 atom stereocenters. The SMILES string of the molecule is Cc1nn(CCCNc2nnc(C)c(=O)[nH]2)c(C)c1Br. The summed E-state index contributed by atoms with van der Waals surface area (Å²) < 4.78 is 3.02. The average Bonchev–Trinajstić information content (AvgIpc) is 2.66. The number of hydrogen-bond acceptors (Lipinski definition) is 5. The number of rotatable bonds is 5. The normalized spacial score (nSPS) is 10.8. The van der Waals surface area contributed by atoms with Crippen LogP contribution in [-0.4, -0.2) is 31.5 Å². The van der Waals surface area contributed by atoms with Gasteiger partial charge in [0.05, 0.1) is 10.2 Å². The van der Waals surface area contributed by atoms with Crippen molar-refractivity contribution in [2.75, 3.05) is 11.9 Å². The highest BCUT2D eigenvalue weighted by molar-refractivity contribution is 9.10. The number of hydrogen-bond donors (Lipinski definition) is 2. The van der Waals surface area contributed by atoms with Crippen LogP contribution in [0.4, 0.5) is 5.95 Å². The van der Waals surface area contributed by atoms with E-state index in [9.17, 15) is 4.79 Å². The molecule has 0 fully saturated rings. The molecular formula is C12H17BrN6O. The third-order valence-electron chi connectivity index (χ3n) is 2.99. The second-order valence-electron chi connectivity index (χ2n) is 4.58. The lowest BCUT2D eigenvalue weighted by molar-refractivity contribution is 0.572. The van der Waals surface area contributed by atoms with E-state index >= 15 is 0 Å². The summed E-state index contributed by atoms with van der Waals surface area (Å²) in [6, 6.07) is 0. The molecule has 2 N–H and O–H groups in total. The number of nitrogens with one attached hydrogen (secondary N) is 2. The maximum Gasteiger partial charge on any atom is 0.273 e. The fraction of sp³-hybridized carbons (Fsp3) is 0.500. The number of H-pyrrole nitrogens is 1. The van der Waals surface area contributed by atoms with Crippen LogP contribution in [0.15, 0.2) is 9.27 Å². The Kier molecular flexibility index (Phi) is 4.53. The van der Waals surface area contributed by atoms with Crippen LogP contribution in [0.25, 0.3) is 0 Å². The molecular weight excluding hydrogens is 324 g/mol.